The molecule has 0 aliphatic heterocycles. The maximum absolute atomic E-state index is 13.1. The number of hydrogen-bond acceptors (Lipinski definition) is 2. The number of hydrogen-bond donors (Lipinski definition) is 1. The number of rotatable bonds is 6. The van der Waals surface area contributed by atoms with Crippen LogP contribution in [0.5, 0.6) is 0 Å². The molecule has 1 aromatic carbocycles. The van der Waals surface area contributed by atoms with E-state index in [4.69, 9.17) is 4.74 Å². The highest BCUT2D eigenvalue weighted by molar-refractivity contribution is 5.56. The molecular formula is C17H24F3NO. The summed E-state index contributed by atoms with van der Waals surface area (Å²) in [5, 5.41) is 3.13. The lowest BCUT2D eigenvalue weighted by Crippen LogP contribution is -2.19. The van der Waals surface area contributed by atoms with Gasteiger partial charge >= 0.3 is 6.18 Å². The second-order valence-electron chi connectivity index (χ2n) is 6.29. The molecule has 1 rings (SSSR count). The van der Waals surface area contributed by atoms with Gasteiger partial charge in [-0.2, -0.15) is 13.2 Å². The molecule has 5 heteroatoms. The van der Waals surface area contributed by atoms with Crippen molar-refractivity contribution in [3.05, 3.63) is 41.0 Å². The predicted octanol–water partition coefficient (Wildman–Crippen LogP) is 4.50. The Hall–Kier alpha value is -1.33. The molecule has 0 unspecified atom stereocenters. The Kier molecular flexibility index (Phi) is 6.63. The van der Waals surface area contributed by atoms with Gasteiger partial charge in [0, 0.05) is 20.2 Å². The van der Waals surface area contributed by atoms with Crippen molar-refractivity contribution in [1.82, 2.24) is 5.32 Å². The number of halogens is 3. The molecule has 0 saturated heterocycles. The van der Waals surface area contributed by atoms with Crippen molar-refractivity contribution in [3.8, 4) is 0 Å². The minimum atomic E-state index is -4.35. The minimum absolute atomic E-state index is 0.171. The molecule has 0 atom stereocenters. The van der Waals surface area contributed by atoms with Crippen molar-refractivity contribution in [3.63, 3.8) is 0 Å². The van der Waals surface area contributed by atoms with Crippen LogP contribution >= 0.6 is 0 Å². The average Bonchev–Trinajstić information content (AvgIpc) is 2.39. The van der Waals surface area contributed by atoms with Crippen molar-refractivity contribution in [2.45, 2.75) is 33.5 Å². The van der Waals surface area contributed by atoms with Crippen LogP contribution < -0.4 is 5.32 Å². The van der Waals surface area contributed by atoms with Crippen molar-refractivity contribution in [1.29, 1.82) is 0 Å². The van der Waals surface area contributed by atoms with Crippen LogP contribution in [0.4, 0.5) is 13.2 Å². The quantitative estimate of drug-likeness (QED) is 0.780. The molecular weight excluding hydrogens is 291 g/mol. The van der Waals surface area contributed by atoms with E-state index in [-0.39, 0.29) is 11.0 Å². The van der Waals surface area contributed by atoms with Crippen molar-refractivity contribution in [2.75, 3.05) is 20.3 Å². The third-order valence-corrected chi connectivity index (χ3v) is 3.00. The van der Waals surface area contributed by atoms with Gasteiger partial charge < -0.3 is 10.1 Å². The van der Waals surface area contributed by atoms with Crippen molar-refractivity contribution in [2.24, 2.45) is 5.41 Å². The predicted molar refractivity (Wildman–Crippen MR) is 83.5 cm³/mol. The topological polar surface area (TPSA) is 21.3 Å². The summed E-state index contributed by atoms with van der Waals surface area (Å²) in [7, 11) is 1.61. The smallest absolute Gasteiger partial charge is 0.383 e. The number of ether oxygens (including phenoxy) is 1. The van der Waals surface area contributed by atoms with Crippen LogP contribution in [0.15, 0.2) is 24.3 Å². The number of allylic oxidation sites excluding steroid dienone is 1. The number of benzene rings is 1. The number of alkyl halides is 3. The zero-order chi connectivity index (χ0) is 16.8. The molecule has 2 nitrogen and oxygen atoms in total. The summed E-state index contributed by atoms with van der Waals surface area (Å²) in [4.78, 5) is 0. The summed E-state index contributed by atoms with van der Waals surface area (Å²) in [6.45, 7) is 7.59. The number of nitrogens with one attached hydrogen (secondary N) is 1. The van der Waals surface area contributed by atoms with Crippen molar-refractivity contribution >= 4 is 6.08 Å². The number of methoxy groups -OCH3 is 1. The molecule has 0 aliphatic carbocycles. The molecule has 0 amide bonds. The van der Waals surface area contributed by atoms with Crippen LogP contribution in [-0.2, 0) is 17.5 Å². The maximum Gasteiger partial charge on any atom is 0.416 e. The van der Waals surface area contributed by atoms with Gasteiger partial charge in [0.2, 0.25) is 0 Å². The van der Waals surface area contributed by atoms with Gasteiger partial charge in [-0.3, -0.25) is 0 Å². The molecule has 0 aromatic heterocycles. The highest BCUT2D eigenvalue weighted by atomic mass is 19.4. The van der Waals surface area contributed by atoms with E-state index in [1.165, 1.54) is 6.07 Å². The van der Waals surface area contributed by atoms with E-state index < -0.39 is 11.7 Å². The average molecular weight is 315 g/mol. The van der Waals surface area contributed by atoms with Gasteiger partial charge in [0.25, 0.3) is 0 Å². The van der Waals surface area contributed by atoms with Crippen LogP contribution in [-0.4, -0.2) is 20.3 Å². The fourth-order valence-corrected chi connectivity index (χ4v) is 1.86. The normalized spacial score (nSPS) is 13.0. The molecule has 124 valence electrons. The van der Waals surface area contributed by atoms with Crippen LogP contribution in [0.2, 0.25) is 0 Å². The lowest BCUT2D eigenvalue weighted by Gasteiger charge is -2.15. The summed E-state index contributed by atoms with van der Waals surface area (Å²) >= 11 is 0. The first-order valence-corrected chi connectivity index (χ1v) is 7.22. The van der Waals surface area contributed by atoms with Crippen molar-refractivity contribution < 1.29 is 17.9 Å². The first kappa shape index (κ1) is 18.7. The van der Waals surface area contributed by atoms with Gasteiger partial charge in [0.1, 0.15) is 0 Å². The molecule has 1 N–H and O–H groups in total. The lowest BCUT2D eigenvalue weighted by molar-refractivity contribution is -0.137. The van der Waals surface area contributed by atoms with Gasteiger partial charge in [0.05, 0.1) is 12.2 Å². The molecule has 0 bridgehead atoms. The second-order valence-corrected chi connectivity index (χ2v) is 6.29. The van der Waals surface area contributed by atoms with Gasteiger partial charge in [-0.15, -0.1) is 0 Å². The Labute approximate surface area is 130 Å². The zero-order valence-corrected chi connectivity index (χ0v) is 13.6. The van der Waals surface area contributed by atoms with Crippen LogP contribution in [0.1, 0.15) is 37.5 Å². The summed E-state index contributed by atoms with van der Waals surface area (Å²) in [6.07, 6.45) is -0.999. The van der Waals surface area contributed by atoms with E-state index in [0.29, 0.717) is 19.7 Å². The standard InChI is InChI=1S/C17H24F3NO/c1-16(2,3)8-7-14-11-13(12-21-9-10-22-4)5-6-15(14)17(18,19)20/h5-8,11,21H,9-10,12H2,1-4H3/b8-7+. The Morgan fingerprint density at radius 1 is 1.18 bits per heavy atom. The zero-order valence-electron chi connectivity index (χ0n) is 13.6. The molecule has 1 aromatic rings. The Morgan fingerprint density at radius 2 is 1.86 bits per heavy atom. The van der Waals surface area contributed by atoms with Gasteiger partial charge in [-0.05, 0) is 28.7 Å². The summed E-state index contributed by atoms with van der Waals surface area (Å²) in [5.41, 5.74) is 0.245. The van der Waals surface area contributed by atoms with E-state index >= 15 is 0 Å². The van der Waals surface area contributed by atoms with E-state index in [1.54, 1.807) is 25.3 Å². The van der Waals surface area contributed by atoms with Crippen LogP contribution in [0.25, 0.3) is 6.08 Å². The lowest BCUT2D eigenvalue weighted by atomic mass is 9.94. The first-order valence-electron chi connectivity index (χ1n) is 7.22. The maximum atomic E-state index is 13.1. The fraction of sp³-hybridized carbons (Fsp3) is 0.529. The monoisotopic (exact) mass is 315 g/mol. The molecule has 0 radical (unpaired) electrons. The highest BCUT2D eigenvalue weighted by Crippen LogP contribution is 2.33. The molecule has 0 fully saturated rings. The third kappa shape index (κ3) is 6.62. The molecule has 0 heterocycles. The molecule has 0 spiro atoms. The Balaban J connectivity index is 2.99. The summed E-state index contributed by atoms with van der Waals surface area (Å²) in [5.74, 6) is 0. The molecule has 22 heavy (non-hydrogen) atoms. The largest absolute Gasteiger partial charge is 0.416 e. The third-order valence-electron chi connectivity index (χ3n) is 3.00. The van der Waals surface area contributed by atoms with E-state index in [1.807, 2.05) is 20.8 Å². The van der Waals surface area contributed by atoms with Crippen LogP contribution in [0.3, 0.4) is 0 Å². The fourth-order valence-electron chi connectivity index (χ4n) is 1.86. The Morgan fingerprint density at radius 3 is 2.41 bits per heavy atom. The van der Waals surface area contributed by atoms with Gasteiger partial charge in [0.15, 0.2) is 0 Å². The van der Waals surface area contributed by atoms with E-state index in [9.17, 15) is 13.2 Å². The Bertz CT molecular complexity index is 502. The molecule has 0 aliphatic rings. The SMILES string of the molecule is COCCNCc1ccc(C(F)(F)F)c(/C=C/C(C)(C)C)c1. The van der Waals surface area contributed by atoms with Gasteiger partial charge in [-0.1, -0.05) is 39.0 Å². The van der Waals surface area contributed by atoms with Gasteiger partial charge in [-0.25, -0.2) is 0 Å². The van der Waals surface area contributed by atoms with E-state index in [2.05, 4.69) is 5.32 Å². The first-order chi connectivity index (χ1) is 10.1. The second kappa shape index (κ2) is 7.79. The molecule has 0 saturated carbocycles. The van der Waals surface area contributed by atoms with Crippen LogP contribution in [0, 0.1) is 5.41 Å². The summed E-state index contributed by atoms with van der Waals surface area (Å²) in [6, 6.07) is 4.25. The summed E-state index contributed by atoms with van der Waals surface area (Å²) < 4.78 is 44.2. The highest BCUT2D eigenvalue weighted by Gasteiger charge is 2.32. The minimum Gasteiger partial charge on any atom is -0.383 e. The van der Waals surface area contributed by atoms with E-state index in [0.717, 1.165) is 11.6 Å².